The zero-order valence-electron chi connectivity index (χ0n) is 12.4. The van der Waals surface area contributed by atoms with Crippen molar-refractivity contribution >= 4 is 5.97 Å². The monoisotopic (exact) mass is 331 g/mol. The molecule has 0 unspecified atom stereocenters. The Kier molecular flexibility index (Phi) is 3.86. The summed E-state index contributed by atoms with van der Waals surface area (Å²) in [6, 6.07) is 2.49. The lowest BCUT2D eigenvalue weighted by molar-refractivity contribution is -0.149. The average Bonchev–Trinajstić information content (AvgIpc) is 2.94. The van der Waals surface area contributed by atoms with E-state index in [0.29, 0.717) is 25.6 Å². The van der Waals surface area contributed by atoms with Crippen LogP contribution < -0.4 is 0 Å². The summed E-state index contributed by atoms with van der Waals surface area (Å²) in [5.74, 6) is -1.74. The van der Waals surface area contributed by atoms with Gasteiger partial charge in [0.25, 0.3) is 0 Å². The molecular weight excluding hydrogens is 314 g/mol. The highest BCUT2D eigenvalue weighted by molar-refractivity contribution is 5.76. The van der Waals surface area contributed by atoms with Crippen molar-refractivity contribution in [1.29, 1.82) is 0 Å². The Labute approximate surface area is 130 Å². The summed E-state index contributed by atoms with van der Waals surface area (Å²) in [6.45, 7) is 0.974. The number of alkyl halides is 3. The predicted octanol–water partition coefficient (Wildman–Crippen LogP) is 3.53. The van der Waals surface area contributed by atoms with Crippen LogP contribution in [0.1, 0.15) is 30.4 Å². The summed E-state index contributed by atoms with van der Waals surface area (Å²) in [4.78, 5) is 13.4. The van der Waals surface area contributed by atoms with E-state index in [2.05, 4.69) is 0 Å². The molecule has 3 nitrogen and oxygen atoms in total. The molecule has 3 rings (SSSR count). The molecule has 126 valence electrons. The topological polar surface area (TPSA) is 40.5 Å². The highest BCUT2D eigenvalue weighted by atomic mass is 19.4. The van der Waals surface area contributed by atoms with Crippen molar-refractivity contribution in [2.24, 2.45) is 11.3 Å². The number of rotatable bonds is 3. The number of fused-ring (bicyclic) bond motifs is 1. The minimum atomic E-state index is -4.60. The number of hydrogen-bond acceptors (Lipinski definition) is 2. The van der Waals surface area contributed by atoms with Crippen LogP contribution in [-0.4, -0.2) is 29.1 Å². The second-order valence-corrected chi connectivity index (χ2v) is 6.57. The van der Waals surface area contributed by atoms with Gasteiger partial charge in [-0.15, -0.1) is 0 Å². The summed E-state index contributed by atoms with van der Waals surface area (Å²) in [5, 5.41) is 9.52. The summed E-state index contributed by atoms with van der Waals surface area (Å²) >= 11 is 0. The number of carboxylic acids is 1. The fourth-order valence-corrected chi connectivity index (χ4v) is 4.03. The Morgan fingerprint density at radius 1 is 1.35 bits per heavy atom. The number of hydrogen-bond donors (Lipinski definition) is 1. The van der Waals surface area contributed by atoms with Crippen LogP contribution in [0.25, 0.3) is 0 Å². The van der Waals surface area contributed by atoms with Gasteiger partial charge in [-0.2, -0.15) is 13.2 Å². The van der Waals surface area contributed by atoms with Crippen LogP contribution in [-0.2, 0) is 17.5 Å². The molecule has 7 heteroatoms. The molecule has 0 bridgehead atoms. The summed E-state index contributed by atoms with van der Waals surface area (Å²) in [6.07, 6.45) is -2.32. The van der Waals surface area contributed by atoms with Crippen LogP contribution in [0.4, 0.5) is 17.6 Å². The molecule has 0 radical (unpaired) electrons. The summed E-state index contributed by atoms with van der Waals surface area (Å²) in [5.41, 5.74) is -1.59. The van der Waals surface area contributed by atoms with Gasteiger partial charge in [-0.25, -0.2) is 4.39 Å². The molecule has 2 atom stereocenters. The van der Waals surface area contributed by atoms with Crippen molar-refractivity contribution < 1.29 is 27.5 Å². The van der Waals surface area contributed by atoms with Crippen molar-refractivity contribution in [3.8, 4) is 0 Å². The van der Waals surface area contributed by atoms with Crippen molar-refractivity contribution in [2.75, 3.05) is 13.1 Å². The van der Waals surface area contributed by atoms with E-state index in [1.165, 1.54) is 0 Å². The maximum atomic E-state index is 13.5. The molecule has 2 aliphatic rings. The number of likely N-dealkylation sites (tertiary alicyclic amines) is 1. The molecule has 23 heavy (non-hydrogen) atoms. The third-order valence-corrected chi connectivity index (χ3v) is 5.06. The number of benzene rings is 1. The Morgan fingerprint density at radius 3 is 2.70 bits per heavy atom. The van der Waals surface area contributed by atoms with Gasteiger partial charge in [0.15, 0.2) is 0 Å². The Hall–Kier alpha value is -1.63. The minimum absolute atomic E-state index is 0.0237. The third kappa shape index (κ3) is 2.94. The summed E-state index contributed by atoms with van der Waals surface area (Å²) < 4.78 is 51.7. The first-order chi connectivity index (χ1) is 10.7. The standard InChI is InChI=1S/C16H17F4NO2/c17-13-5-10(4-12(6-13)16(18,19)20)7-21-8-11-2-1-3-15(11,9-21)14(22)23/h4-6,11H,1-3,7-9H2,(H,22,23)/t11-,15+/m0/s1. The average molecular weight is 331 g/mol. The molecule has 1 aromatic carbocycles. The van der Waals surface area contributed by atoms with Gasteiger partial charge in [-0.05, 0) is 42.5 Å². The molecular formula is C16H17F4NO2. The van der Waals surface area contributed by atoms with Crippen LogP contribution in [0, 0.1) is 17.2 Å². The van der Waals surface area contributed by atoms with Gasteiger partial charge in [-0.3, -0.25) is 9.69 Å². The molecule has 0 amide bonds. The van der Waals surface area contributed by atoms with Gasteiger partial charge in [-0.1, -0.05) is 6.42 Å². The third-order valence-electron chi connectivity index (χ3n) is 5.06. The number of nitrogens with zero attached hydrogens (tertiary/aromatic N) is 1. The van der Waals surface area contributed by atoms with Crippen LogP contribution in [0.15, 0.2) is 18.2 Å². The normalized spacial score (nSPS) is 28.1. The molecule has 0 aromatic heterocycles. The molecule has 2 fully saturated rings. The lowest BCUT2D eigenvalue weighted by Gasteiger charge is -2.23. The quantitative estimate of drug-likeness (QED) is 0.862. The first-order valence-corrected chi connectivity index (χ1v) is 7.53. The van der Waals surface area contributed by atoms with E-state index >= 15 is 0 Å². The van der Waals surface area contributed by atoms with E-state index in [9.17, 15) is 27.5 Å². The van der Waals surface area contributed by atoms with Crippen LogP contribution in [0.2, 0.25) is 0 Å². The minimum Gasteiger partial charge on any atom is -0.481 e. The largest absolute Gasteiger partial charge is 0.481 e. The van der Waals surface area contributed by atoms with Crippen molar-refractivity contribution in [3.63, 3.8) is 0 Å². The molecule has 1 saturated heterocycles. The second-order valence-electron chi connectivity index (χ2n) is 6.57. The van der Waals surface area contributed by atoms with Crippen LogP contribution in [0.5, 0.6) is 0 Å². The van der Waals surface area contributed by atoms with Gasteiger partial charge in [0.2, 0.25) is 0 Å². The van der Waals surface area contributed by atoms with Crippen molar-refractivity contribution in [1.82, 2.24) is 4.90 Å². The van der Waals surface area contributed by atoms with E-state index in [0.717, 1.165) is 25.0 Å². The van der Waals surface area contributed by atoms with Gasteiger partial charge < -0.3 is 5.11 Å². The van der Waals surface area contributed by atoms with Crippen molar-refractivity contribution in [2.45, 2.75) is 32.0 Å². The van der Waals surface area contributed by atoms with Gasteiger partial charge in [0, 0.05) is 19.6 Å². The molecule has 1 aromatic rings. The van der Waals surface area contributed by atoms with E-state index in [1.807, 2.05) is 4.90 Å². The smallest absolute Gasteiger partial charge is 0.416 e. The molecule has 1 aliphatic heterocycles. The highest BCUT2D eigenvalue weighted by Crippen LogP contribution is 2.49. The Balaban J connectivity index is 1.79. The van der Waals surface area contributed by atoms with Crippen LogP contribution >= 0.6 is 0 Å². The summed E-state index contributed by atoms with van der Waals surface area (Å²) in [7, 11) is 0. The fourth-order valence-electron chi connectivity index (χ4n) is 4.03. The number of aliphatic carboxylic acids is 1. The van der Waals surface area contributed by atoms with E-state index in [-0.39, 0.29) is 18.0 Å². The molecule has 1 saturated carbocycles. The SMILES string of the molecule is O=C(O)[C@@]12CCC[C@H]1CN(Cc1cc(F)cc(C(F)(F)F)c1)C2. The number of halogens is 4. The van der Waals surface area contributed by atoms with Gasteiger partial charge in [0.05, 0.1) is 11.0 Å². The lowest BCUT2D eigenvalue weighted by atomic mass is 9.81. The maximum Gasteiger partial charge on any atom is 0.416 e. The first-order valence-electron chi connectivity index (χ1n) is 7.53. The number of carboxylic acid groups (broad SMARTS) is 1. The lowest BCUT2D eigenvalue weighted by Crippen LogP contribution is -2.35. The highest BCUT2D eigenvalue weighted by Gasteiger charge is 2.54. The maximum absolute atomic E-state index is 13.5. The van der Waals surface area contributed by atoms with E-state index < -0.39 is 28.9 Å². The zero-order valence-corrected chi connectivity index (χ0v) is 12.4. The molecule has 1 heterocycles. The second kappa shape index (κ2) is 5.47. The van der Waals surface area contributed by atoms with E-state index in [4.69, 9.17) is 0 Å². The fraction of sp³-hybridized carbons (Fsp3) is 0.562. The molecule has 1 aliphatic carbocycles. The zero-order chi connectivity index (χ0) is 16.8. The van der Waals surface area contributed by atoms with Crippen LogP contribution in [0.3, 0.4) is 0 Å². The molecule has 0 spiro atoms. The van der Waals surface area contributed by atoms with Gasteiger partial charge in [0.1, 0.15) is 5.82 Å². The molecule has 1 N–H and O–H groups in total. The first kappa shape index (κ1) is 16.2. The van der Waals surface area contributed by atoms with Crippen molar-refractivity contribution in [3.05, 3.63) is 35.1 Å². The Morgan fingerprint density at radius 2 is 2.09 bits per heavy atom. The Bertz CT molecular complexity index is 631. The van der Waals surface area contributed by atoms with E-state index in [1.54, 1.807) is 0 Å². The predicted molar refractivity (Wildman–Crippen MR) is 74.1 cm³/mol. The van der Waals surface area contributed by atoms with Gasteiger partial charge >= 0.3 is 12.1 Å². The number of carbonyl (C=O) groups is 1.